The van der Waals surface area contributed by atoms with Crippen molar-refractivity contribution in [3.63, 3.8) is 0 Å². The van der Waals surface area contributed by atoms with Crippen molar-refractivity contribution >= 4 is 5.97 Å². The minimum absolute atomic E-state index is 0.0936. The van der Waals surface area contributed by atoms with Gasteiger partial charge in [-0.15, -0.1) is 0 Å². The van der Waals surface area contributed by atoms with Crippen LogP contribution in [0.1, 0.15) is 27.9 Å². The normalized spacial score (nSPS) is 17.7. The number of hydrogen-bond acceptors (Lipinski definition) is 6. The van der Waals surface area contributed by atoms with Crippen LogP contribution in [0.2, 0.25) is 0 Å². The van der Waals surface area contributed by atoms with Crippen LogP contribution in [0, 0.1) is 0 Å². The first-order valence-corrected chi connectivity index (χ1v) is 8.72. The van der Waals surface area contributed by atoms with Crippen molar-refractivity contribution in [1.29, 1.82) is 0 Å². The molecule has 27 heavy (non-hydrogen) atoms. The number of aromatic nitrogens is 2. The van der Waals surface area contributed by atoms with E-state index in [1.807, 2.05) is 18.2 Å². The lowest BCUT2D eigenvalue weighted by Gasteiger charge is -2.31. The van der Waals surface area contributed by atoms with E-state index in [0.29, 0.717) is 31.0 Å². The second-order valence-corrected chi connectivity index (χ2v) is 6.35. The molecule has 2 aromatic heterocycles. The van der Waals surface area contributed by atoms with Gasteiger partial charge in [-0.05, 0) is 24.3 Å². The minimum Gasteiger partial charge on any atom is -0.478 e. The van der Waals surface area contributed by atoms with Crippen molar-refractivity contribution in [3.05, 3.63) is 72.0 Å². The van der Waals surface area contributed by atoms with Gasteiger partial charge in [-0.1, -0.05) is 18.2 Å². The fourth-order valence-electron chi connectivity index (χ4n) is 3.23. The van der Waals surface area contributed by atoms with Gasteiger partial charge >= 0.3 is 5.97 Å². The van der Waals surface area contributed by atoms with Crippen LogP contribution in [0.3, 0.4) is 0 Å². The maximum Gasteiger partial charge on any atom is 0.336 e. The molecule has 1 aliphatic rings. The second kappa shape index (κ2) is 7.69. The van der Waals surface area contributed by atoms with Crippen LogP contribution in [-0.2, 0) is 11.3 Å². The summed E-state index contributed by atoms with van der Waals surface area (Å²) in [4.78, 5) is 21.9. The van der Waals surface area contributed by atoms with E-state index in [2.05, 4.69) is 14.9 Å². The Hall–Kier alpha value is -3.03. The maximum absolute atomic E-state index is 11.4. The van der Waals surface area contributed by atoms with E-state index in [9.17, 15) is 9.90 Å². The summed E-state index contributed by atoms with van der Waals surface area (Å²) in [6, 6.07) is 12.4. The smallest absolute Gasteiger partial charge is 0.336 e. The summed E-state index contributed by atoms with van der Waals surface area (Å²) < 4.78 is 11.8. The van der Waals surface area contributed by atoms with Crippen LogP contribution in [0.5, 0.6) is 0 Å². The number of benzene rings is 1. The van der Waals surface area contributed by atoms with Crippen LogP contribution in [0.25, 0.3) is 11.3 Å². The van der Waals surface area contributed by atoms with E-state index in [0.717, 1.165) is 18.0 Å². The lowest BCUT2D eigenvalue weighted by molar-refractivity contribution is -0.0367. The first kappa shape index (κ1) is 17.4. The molecule has 1 aliphatic heterocycles. The molecule has 3 aromatic rings. The van der Waals surface area contributed by atoms with Crippen molar-refractivity contribution in [2.75, 3.05) is 19.7 Å². The third-order valence-electron chi connectivity index (χ3n) is 4.55. The Morgan fingerprint density at radius 2 is 2.11 bits per heavy atom. The molecular formula is C20H19N3O4. The van der Waals surface area contributed by atoms with E-state index in [4.69, 9.17) is 9.15 Å². The van der Waals surface area contributed by atoms with Crippen LogP contribution in [-0.4, -0.2) is 45.6 Å². The number of carboxylic acids is 1. The summed E-state index contributed by atoms with van der Waals surface area (Å²) in [6.45, 7) is 2.74. The van der Waals surface area contributed by atoms with Crippen LogP contribution in [0.15, 0.2) is 59.4 Å². The number of aromatic carboxylic acids is 1. The standard InChI is InChI=1S/C20H19N3O4/c24-20(25)16-4-2-1-3-15(16)18-6-5-14(27-18)11-23-9-10-26-19(12-23)17-7-8-21-13-22-17/h1-8,13,19H,9-12H2,(H,24,25)/t19-/m0/s1. The Morgan fingerprint density at radius 3 is 2.93 bits per heavy atom. The zero-order chi connectivity index (χ0) is 18.6. The first-order chi connectivity index (χ1) is 13.2. The third-order valence-corrected chi connectivity index (χ3v) is 4.55. The maximum atomic E-state index is 11.4. The van der Waals surface area contributed by atoms with Crippen LogP contribution < -0.4 is 0 Å². The van der Waals surface area contributed by atoms with Crippen molar-refractivity contribution in [2.24, 2.45) is 0 Å². The average molecular weight is 365 g/mol. The fourth-order valence-corrected chi connectivity index (χ4v) is 3.23. The molecule has 0 unspecified atom stereocenters. The van der Waals surface area contributed by atoms with Gasteiger partial charge in [0, 0.05) is 24.8 Å². The Kier molecular flexibility index (Phi) is 4.95. The van der Waals surface area contributed by atoms with Crippen LogP contribution >= 0.6 is 0 Å². The third kappa shape index (κ3) is 3.89. The summed E-state index contributed by atoms with van der Waals surface area (Å²) in [7, 11) is 0. The van der Waals surface area contributed by atoms with Crippen molar-refractivity contribution in [2.45, 2.75) is 12.6 Å². The number of hydrogen-bond donors (Lipinski definition) is 1. The van der Waals surface area contributed by atoms with Crippen LogP contribution in [0.4, 0.5) is 0 Å². The lowest BCUT2D eigenvalue weighted by atomic mass is 10.1. The zero-order valence-electron chi connectivity index (χ0n) is 14.6. The van der Waals surface area contributed by atoms with E-state index in [1.54, 1.807) is 30.5 Å². The number of ether oxygens (including phenoxy) is 1. The number of nitrogens with zero attached hydrogens (tertiary/aromatic N) is 3. The van der Waals surface area contributed by atoms with Crippen molar-refractivity contribution < 1.29 is 19.1 Å². The molecule has 7 nitrogen and oxygen atoms in total. The zero-order valence-corrected chi connectivity index (χ0v) is 14.6. The molecule has 1 atom stereocenters. The average Bonchev–Trinajstić information content (AvgIpc) is 3.17. The summed E-state index contributed by atoms with van der Waals surface area (Å²) in [6.07, 6.45) is 3.14. The van der Waals surface area contributed by atoms with E-state index in [-0.39, 0.29) is 11.7 Å². The topological polar surface area (TPSA) is 88.7 Å². The van der Waals surface area contributed by atoms with E-state index >= 15 is 0 Å². The summed E-state index contributed by atoms with van der Waals surface area (Å²) in [5.41, 5.74) is 1.68. The number of morpholine rings is 1. The first-order valence-electron chi connectivity index (χ1n) is 8.72. The number of carbonyl (C=O) groups is 1. The van der Waals surface area contributed by atoms with Crippen molar-refractivity contribution in [3.8, 4) is 11.3 Å². The van der Waals surface area contributed by atoms with Crippen molar-refractivity contribution in [1.82, 2.24) is 14.9 Å². The summed E-state index contributed by atoms with van der Waals surface area (Å²) in [5, 5.41) is 9.36. The van der Waals surface area contributed by atoms with Gasteiger partial charge in [-0.25, -0.2) is 14.8 Å². The highest BCUT2D eigenvalue weighted by Gasteiger charge is 2.24. The highest BCUT2D eigenvalue weighted by Crippen LogP contribution is 2.27. The van der Waals surface area contributed by atoms with Gasteiger partial charge in [-0.2, -0.15) is 0 Å². The molecule has 0 aliphatic carbocycles. The lowest BCUT2D eigenvalue weighted by Crippen LogP contribution is -2.38. The van der Waals surface area contributed by atoms with Gasteiger partial charge in [-0.3, -0.25) is 4.90 Å². The van der Waals surface area contributed by atoms with E-state index < -0.39 is 5.97 Å². The summed E-state index contributed by atoms with van der Waals surface area (Å²) >= 11 is 0. The predicted octanol–water partition coefficient (Wildman–Crippen LogP) is 3.01. The molecule has 0 saturated carbocycles. The van der Waals surface area contributed by atoms with Gasteiger partial charge < -0.3 is 14.3 Å². The molecule has 0 amide bonds. The van der Waals surface area contributed by atoms with E-state index in [1.165, 1.54) is 6.33 Å². The van der Waals surface area contributed by atoms with Gasteiger partial charge in [0.1, 0.15) is 24.0 Å². The van der Waals surface area contributed by atoms with Gasteiger partial charge in [0.2, 0.25) is 0 Å². The number of carboxylic acid groups (broad SMARTS) is 1. The molecule has 0 radical (unpaired) electrons. The monoisotopic (exact) mass is 365 g/mol. The molecule has 3 heterocycles. The molecule has 1 N–H and O–H groups in total. The molecular weight excluding hydrogens is 346 g/mol. The van der Waals surface area contributed by atoms with Gasteiger partial charge in [0.15, 0.2) is 0 Å². The fraction of sp³-hybridized carbons (Fsp3) is 0.250. The SMILES string of the molecule is O=C(O)c1ccccc1-c1ccc(CN2CCO[C@H](c3ccncn3)C2)o1. The molecule has 7 heteroatoms. The molecule has 0 bridgehead atoms. The number of furan rings is 1. The predicted molar refractivity (Wildman–Crippen MR) is 97.1 cm³/mol. The molecule has 0 spiro atoms. The molecule has 138 valence electrons. The molecule has 1 fully saturated rings. The summed E-state index contributed by atoms with van der Waals surface area (Å²) in [5.74, 6) is 0.376. The Labute approximate surface area is 156 Å². The largest absolute Gasteiger partial charge is 0.478 e. The van der Waals surface area contributed by atoms with Gasteiger partial charge in [0.05, 0.1) is 24.4 Å². The van der Waals surface area contributed by atoms with Gasteiger partial charge in [0.25, 0.3) is 0 Å². The Bertz CT molecular complexity index is 926. The second-order valence-electron chi connectivity index (χ2n) is 6.35. The quantitative estimate of drug-likeness (QED) is 0.743. The molecule has 4 rings (SSSR count). The number of rotatable bonds is 5. The molecule has 1 saturated heterocycles. The minimum atomic E-state index is -0.968. The molecule has 1 aromatic carbocycles. The highest BCUT2D eigenvalue weighted by molar-refractivity contribution is 5.95. The Morgan fingerprint density at radius 1 is 1.22 bits per heavy atom. The highest BCUT2D eigenvalue weighted by atomic mass is 16.5. The Balaban J connectivity index is 1.48.